The summed E-state index contributed by atoms with van der Waals surface area (Å²) in [6.45, 7) is 4.46. The van der Waals surface area contributed by atoms with Gasteiger partial charge in [-0.15, -0.1) is 0 Å². The van der Waals surface area contributed by atoms with Gasteiger partial charge >= 0.3 is 18.2 Å². The van der Waals surface area contributed by atoms with Crippen molar-refractivity contribution in [1.82, 2.24) is 0 Å². The fourth-order valence-corrected chi connectivity index (χ4v) is 2.62. The first-order valence-electron chi connectivity index (χ1n) is 3.89. The summed E-state index contributed by atoms with van der Waals surface area (Å²) in [5.74, 6) is 0.656. The molecule has 0 spiro atoms. The van der Waals surface area contributed by atoms with E-state index >= 15 is 0 Å². The van der Waals surface area contributed by atoms with E-state index in [9.17, 15) is 0 Å². The van der Waals surface area contributed by atoms with Crippen LogP contribution in [0.4, 0.5) is 0 Å². The molecular formula is C9H11BrMg. The Morgan fingerprint density at radius 2 is 2.09 bits per heavy atom. The second-order valence-corrected chi connectivity index (χ2v) is 5.80. The number of hydrogen-bond acceptors (Lipinski definition) is 0. The normalized spacial score (nSPS) is 9.82. The molecule has 1 aromatic rings. The third kappa shape index (κ3) is 2.77. The molecule has 1 aromatic carbocycles. The highest BCUT2D eigenvalue weighted by molar-refractivity contribution is 9.23. The Hall–Kier alpha value is 0.466. The van der Waals surface area contributed by atoms with Gasteiger partial charge in [-0.1, -0.05) is 38.1 Å². The number of benzene rings is 1. The van der Waals surface area contributed by atoms with Gasteiger partial charge in [-0.25, -0.2) is 0 Å². The van der Waals surface area contributed by atoms with E-state index in [0.717, 1.165) is 0 Å². The van der Waals surface area contributed by atoms with Crippen LogP contribution in [0, 0.1) is 0 Å². The third-order valence-electron chi connectivity index (χ3n) is 1.77. The van der Waals surface area contributed by atoms with E-state index in [-0.39, 0.29) is 18.2 Å². The summed E-state index contributed by atoms with van der Waals surface area (Å²) in [4.78, 5) is 0. The van der Waals surface area contributed by atoms with Crippen LogP contribution >= 0.6 is 12.9 Å². The van der Waals surface area contributed by atoms with Crippen molar-refractivity contribution in [2.45, 2.75) is 19.8 Å². The lowest BCUT2D eigenvalue weighted by molar-refractivity contribution is 0.868. The average Bonchev–Trinajstić information content (AvgIpc) is 2.05. The van der Waals surface area contributed by atoms with E-state index in [1.165, 1.54) is 9.26 Å². The largest absolute Gasteiger partial charge is 0.506 e. The molecular weight excluding hydrogens is 212 g/mol. The summed E-state index contributed by atoms with van der Waals surface area (Å²) in [6.07, 6.45) is 0. The Balaban J connectivity index is 2.91. The lowest BCUT2D eigenvalue weighted by atomic mass is 10.0. The molecule has 0 aliphatic carbocycles. The molecule has 0 amide bonds. The van der Waals surface area contributed by atoms with Crippen LogP contribution in [0.15, 0.2) is 24.3 Å². The Morgan fingerprint density at radius 3 is 2.64 bits per heavy atom. The van der Waals surface area contributed by atoms with Crippen LogP contribution in [0.1, 0.15) is 25.3 Å². The van der Waals surface area contributed by atoms with Crippen LogP contribution < -0.4 is 3.69 Å². The lowest BCUT2D eigenvalue weighted by Gasteiger charge is -2.05. The second kappa shape index (κ2) is 4.48. The first-order chi connectivity index (χ1) is 5.24. The Kier molecular flexibility index (Phi) is 3.89. The summed E-state index contributed by atoms with van der Waals surface area (Å²) < 4.78 is 1.50. The van der Waals surface area contributed by atoms with Crippen LogP contribution in [-0.2, 0) is 0 Å². The molecule has 0 fully saturated rings. The van der Waals surface area contributed by atoms with E-state index in [2.05, 4.69) is 51.0 Å². The molecule has 0 aliphatic heterocycles. The Bertz CT molecular complexity index is 233. The molecule has 11 heavy (non-hydrogen) atoms. The molecule has 0 bridgehead atoms. The first-order valence-corrected chi connectivity index (χ1v) is 8.49. The van der Waals surface area contributed by atoms with Gasteiger partial charge in [-0.3, -0.25) is 12.9 Å². The minimum Gasteiger partial charge on any atom is -0.296 e. The Morgan fingerprint density at radius 1 is 1.36 bits per heavy atom. The van der Waals surface area contributed by atoms with Crippen molar-refractivity contribution in [2.24, 2.45) is 0 Å². The zero-order valence-electron chi connectivity index (χ0n) is 6.97. The van der Waals surface area contributed by atoms with Gasteiger partial charge < -0.3 is 0 Å². The van der Waals surface area contributed by atoms with Crippen LogP contribution in [-0.4, -0.2) is 18.2 Å². The monoisotopic (exact) mass is 222 g/mol. The van der Waals surface area contributed by atoms with E-state index in [1.807, 2.05) is 0 Å². The quantitative estimate of drug-likeness (QED) is 0.676. The van der Waals surface area contributed by atoms with E-state index in [1.54, 1.807) is 0 Å². The maximum atomic E-state index is 3.58. The SMILES string of the molecule is CC(C)c1ccc[c]([Mg][Br])c1. The van der Waals surface area contributed by atoms with Gasteiger partial charge in [-0.2, -0.15) is 3.69 Å². The van der Waals surface area contributed by atoms with Gasteiger partial charge in [0.1, 0.15) is 0 Å². The molecule has 0 saturated carbocycles. The zero-order chi connectivity index (χ0) is 8.27. The maximum absolute atomic E-state index is 3.58. The minimum atomic E-state index is -0.150. The summed E-state index contributed by atoms with van der Waals surface area (Å²) in [7, 11) is 0. The summed E-state index contributed by atoms with van der Waals surface area (Å²) >= 11 is 3.43. The predicted molar refractivity (Wildman–Crippen MR) is 54.8 cm³/mol. The highest BCUT2D eigenvalue weighted by Crippen LogP contribution is 2.11. The fraction of sp³-hybridized carbons (Fsp3) is 0.333. The van der Waals surface area contributed by atoms with Crippen LogP contribution in [0.5, 0.6) is 0 Å². The fourth-order valence-electron chi connectivity index (χ4n) is 1.04. The third-order valence-corrected chi connectivity index (χ3v) is 4.46. The highest BCUT2D eigenvalue weighted by Gasteiger charge is 1.99. The molecule has 1 rings (SSSR count). The van der Waals surface area contributed by atoms with Gasteiger partial charge in [0.15, 0.2) is 0 Å². The molecule has 56 valence electrons. The molecule has 0 N–H and O–H groups in total. The van der Waals surface area contributed by atoms with Crippen molar-refractivity contribution < 1.29 is 0 Å². The highest BCUT2D eigenvalue weighted by atomic mass is 79.9. The van der Waals surface area contributed by atoms with Crippen molar-refractivity contribution >= 4 is 34.8 Å². The summed E-state index contributed by atoms with van der Waals surface area (Å²) in [6, 6.07) is 8.86. The molecule has 0 radical (unpaired) electrons. The van der Waals surface area contributed by atoms with Crippen molar-refractivity contribution in [3.63, 3.8) is 0 Å². The summed E-state index contributed by atoms with van der Waals surface area (Å²) in [5.41, 5.74) is 1.45. The Labute approximate surface area is 84.0 Å². The van der Waals surface area contributed by atoms with Crippen LogP contribution in [0.25, 0.3) is 0 Å². The molecule has 0 saturated heterocycles. The van der Waals surface area contributed by atoms with Gasteiger partial charge in [-0.05, 0) is 11.5 Å². The maximum Gasteiger partial charge on any atom is 0.506 e. The first kappa shape index (κ1) is 9.55. The van der Waals surface area contributed by atoms with E-state index in [0.29, 0.717) is 5.92 Å². The van der Waals surface area contributed by atoms with E-state index in [4.69, 9.17) is 0 Å². The number of halogens is 1. The second-order valence-electron chi connectivity index (χ2n) is 3.03. The van der Waals surface area contributed by atoms with Crippen molar-refractivity contribution in [2.75, 3.05) is 0 Å². The topological polar surface area (TPSA) is 0 Å². The zero-order valence-corrected chi connectivity index (χ0v) is 9.97. The molecule has 0 aliphatic rings. The molecule has 0 heterocycles. The molecule has 0 atom stereocenters. The average molecular weight is 223 g/mol. The predicted octanol–water partition coefficient (Wildman–Crippen LogP) is 2.45. The lowest BCUT2D eigenvalue weighted by Crippen LogP contribution is -2.08. The molecule has 0 unspecified atom stereocenters. The molecule has 0 nitrogen and oxygen atoms in total. The van der Waals surface area contributed by atoms with Gasteiger partial charge in [0, 0.05) is 0 Å². The van der Waals surface area contributed by atoms with E-state index < -0.39 is 0 Å². The van der Waals surface area contributed by atoms with Crippen LogP contribution in [0.2, 0.25) is 0 Å². The number of rotatable bonds is 2. The van der Waals surface area contributed by atoms with Gasteiger partial charge in [0.05, 0.1) is 0 Å². The molecule has 0 aromatic heterocycles. The number of hydrogen-bond donors (Lipinski definition) is 0. The van der Waals surface area contributed by atoms with Gasteiger partial charge in [0.25, 0.3) is 0 Å². The van der Waals surface area contributed by atoms with Crippen molar-refractivity contribution in [3.05, 3.63) is 29.8 Å². The summed E-state index contributed by atoms with van der Waals surface area (Å²) in [5, 5.41) is 0. The smallest absolute Gasteiger partial charge is 0.296 e. The standard InChI is InChI=1S/C9H11.BrH.Mg/c1-8(2)9-6-4-3-5-7-9;;/h3-4,6-8H,1-2H3;1H;/q;;+1/p-1. The van der Waals surface area contributed by atoms with Crippen molar-refractivity contribution in [1.29, 1.82) is 0 Å². The van der Waals surface area contributed by atoms with Gasteiger partial charge in [0.2, 0.25) is 0 Å². The molecule has 2 heteroatoms. The minimum absolute atomic E-state index is 0.150. The van der Waals surface area contributed by atoms with Crippen molar-refractivity contribution in [3.8, 4) is 0 Å². The van der Waals surface area contributed by atoms with Crippen LogP contribution in [0.3, 0.4) is 0 Å².